The quantitative estimate of drug-likeness (QED) is 0.567. The molecule has 3 N–H and O–H groups in total. The normalized spacial score (nSPS) is 13.3. The highest BCUT2D eigenvalue weighted by molar-refractivity contribution is 5.74. The summed E-state index contributed by atoms with van der Waals surface area (Å²) >= 11 is 0. The van der Waals surface area contributed by atoms with Crippen molar-refractivity contribution < 1.29 is 14.7 Å². The molecule has 2 amide bonds. The topological polar surface area (TPSA) is 78.4 Å². The van der Waals surface area contributed by atoms with Crippen LogP contribution in [0.1, 0.15) is 46.5 Å². The largest absolute Gasteiger partial charge is 0.481 e. The number of carbonyl (C=O) groups excluding carboxylic acids is 1. The Hall–Kier alpha value is -1.70. The third-order valence-corrected chi connectivity index (χ3v) is 2.90. The lowest BCUT2D eigenvalue weighted by Gasteiger charge is -2.19. The lowest BCUT2D eigenvalue weighted by atomic mass is 9.94. The summed E-state index contributed by atoms with van der Waals surface area (Å²) < 4.78 is 0. The van der Waals surface area contributed by atoms with Gasteiger partial charge >= 0.3 is 12.0 Å². The summed E-state index contributed by atoms with van der Waals surface area (Å²) in [5.41, 5.74) is 0. The third kappa shape index (κ3) is 9.26. The molecule has 0 aromatic carbocycles. The molecule has 114 valence electrons. The number of hydrogen-bond donors (Lipinski definition) is 3. The first-order valence-electron chi connectivity index (χ1n) is 7.11. The maximum absolute atomic E-state index is 11.7. The maximum Gasteiger partial charge on any atom is 0.315 e. The van der Waals surface area contributed by atoms with Crippen LogP contribution in [0.5, 0.6) is 0 Å². The van der Waals surface area contributed by atoms with Gasteiger partial charge in [0.2, 0.25) is 0 Å². The number of carboxylic acid groups (broad SMARTS) is 1. The molecule has 0 aliphatic rings. The van der Waals surface area contributed by atoms with Crippen molar-refractivity contribution in [2.24, 2.45) is 11.8 Å². The Labute approximate surface area is 121 Å². The monoisotopic (exact) mass is 282 g/mol. The second-order valence-electron chi connectivity index (χ2n) is 5.46. The van der Waals surface area contributed by atoms with Gasteiger partial charge in [-0.25, -0.2) is 4.79 Å². The molecule has 0 bridgehead atoms. The molecule has 0 spiro atoms. The molecule has 20 heavy (non-hydrogen) atoms. The van der Waals surface area contributed by atoms with Crippen molar-refractivity contribution >= 4 is 12.0 Å². The highest BCUT2D eigenvalue weighted by atomic mass is 16.4. The van der Waals surface area contributed by atoms with Crippen molar-refractivity contribution in [1.82, 2.24) is 10.6 Å². The molecule has 0 fully saturated rings. The predicted molar refractivity (Wildman–Crippen MR) is 79.3 cm³/mol. The van der Waals surface area contributed by atoms with Gasteiger partial charge in [-0.2, -0.15) is 0 Å². The van der Waals surface area contributed by atoms with E-state index in [-0.39, 0.29) is 24.4 Å². The zero-order valence-electron chi connectivity index (χ0n) is 12.6. The Kier molecular flexibility index (Phi) is 9.27. The van der Waals surface area contributed by atoms with Crippen LogP contribution in [0.15, 0.2) is 0 Å². The van der Waals surface area contributed by atoms with Gasteiger partial charge in [0, 0.05) is 13.0 Å². The summed E-state index contributed by atoms with van der Waals surface area (Å²) in [5.74, 6) is 2.01. The van der Waals surface area contributed by atoms with E-state index >= 15 is 0 Å². The SMILES string of the molecule is C#CC(CCC)NC(=O)NCC(CC(=O)O)CC(C)C. The van der Waals surface area contributed by atoms with E-state index < -0.39 is 5.97 Å². The van der Waals surface area contributed by atoms with Gasteiger partial charge in [-0.3, -0.25) is 4.79 Å². The van der Waals surface area contributed by atoms with Crippen molar-refractivity contribution in [2.75, 3.05) is 6.54 Å². The van der Waals surface area contributed by atoms with E-state index in [4.69, 9.17) is 11.5 Å². The zero-order chi connectivity index (χ0) is 15.5. The number of rotatable bonds is 9. The van der Waals surface area contributed by atoms with Crippen molar-refractivity contribution in [1.29, 1.82) is 0 Å². The Bertz CT molecular complexity index is 348. The van der Waals surface area contributed by atoms with Gasteiger partial charge in [-0.15, -0.1) is 6.42 Å². The molecule has 0 aliphatic carbocycles. The van der Waals surface area contributed by atoms with Gasteiger partial charge in [0.15, 0.2) is 0 Å². The predicted octanol–water partition coefficient (Wildman–Crippen LogP) is 2.22. The number of urea groups is 1. The first kappa shape index (κ1) is 18.3. The molecule has 5 nitrogen and oxygen atoms in total. The molecular weight excluding hydrogens is 256 g/mol. The van der Waals surface area contributed by atoms with Crippen LogP contribution in [0, 0.1) is 24.2 Å². The zero-order valence-corrected chi connectivity index (χ0v) is 12.6. The van der Waals surface area contributed by atoms with E-state index in [0.717, 1.165) is 19.3 Å². The van der Waals surface area contributed by atoms with Gasteiger partial charge in [0.25, 0.3) is 0 Å². The van der Waals surface area contributed by atoms with Crippen molar-refractivity contribution in [3.05, 3.63) is 0 Å². The van der Waals surface area contributed by atoms with Gasteiger partial charge in [-0.05, 0) is 24.7 Å². The van der Waals surface area contributed by atoms with Gasteiger partial charge < -0.3 is 15.7 Å². The van der Waals surface area contributed by atoms with Crippen LogP contribution in [0.2, 0.25) is 0 Å². The molecule has 0 aromatic heterocycles. The maximum atomic E-state index is 11.7. The van der Waals surface area contributed by atoms with Gasteiger partial charge in [0.1, 0.15) is 0 Å². The molecule has 0 aromatic rings. The summed E-state index contributed by atoms with van der Waals surface area (Å²) in [6, 6.07) is -0.608. The molecule has 0 heterocycles. The van der Waals surface area contributed by atoms with Crippen molar-refractivity contribution in [3.63, 3.8) is 0 Å². The molecule has 2 atom stereocenters. The lowest BCUT2D eigenvalue weighted by Crippen LogP contribution is -2.43. The average Bonchev–Trinajstić information content (AvgIpc) is 2.34. The van der Waals surface area contributed by atoms with Crippen LogP contribution in [0.4, 0.5) is 4.79 Å². The Morgan fingerprint density at radius 2 is 2.00 bits per heavy atom. The number of nitrogens with one attached hydrogen (secondary N) is 2. The van der Waals surface area contributed by atoms with Gasteiger partial charge in [-0.1, -0.05) is 33.1 Å². The van der Waals surface area contributed by atoms with Crippen LogP contribution < -0.4 is 10.6 Å². The first-order valence-corrected chi connectivity index (χ1v) is 7.11. The Morgan fingerprint density at radius 1 is 1.35 bits per heavy atom. The van der Waals surface area contributed by atoms with Crippen LogP contribution in [-0.2, 0) is 4.79 Å². The van der Waals surface area contributed by atoms with E-state index in [1.807, 2.05) is 20.8 Å². The molecule has 2 unspecified atom stereocenters. The minimum atomic E-state index is -0.842. The molecule has 5 heteroatoms. The Morgan fingerprint density at radius 3 is 2.45 bits per heavy atom. The smallest absolute Gasteiger partial charge is 0.315 e. The lowest BCUT2D eigenvalue weighted by molar-refractivity contribution is -0.138. The van der Waals surface area contributed by atoms with Crippen LogP contribution >= 0.6 is 0 Å². The van der Waals surface area contributed by atoms with E-state index in [0.29, 0.717) is 12.5 Å². The van der Waals surface area contributed by atoms with E-state index in [2.05, 4.69) is 16.6 Å². The molecule has 0 saturated heterocycles. The number of hydrogen-bond acceptors (Lipinski definition) is 2. The van der Waals surface area contributed by atoms with Gasteiger partial charge in [0.05, 0.1) is 6.04 Å². The molecule has 0 saturated carbocycles. The van der Waals surface area contributed by atoms with E-state index in [9.17, 15) is 9.59 Å². The molecular formula is C15H26N2O3. The minimum Gasteiger partial charge on any atom is -0.481 e. The Balaban J connectivity index is 4.22. The summed E-state index contributed by atoms with van der Waals surface area (Å²) in [4.78, 5) is 22.5. The third-order valence-electron chi connectivity index (χ3n) is 2.90. The fourth-order valence-electron chi connectivity index (χ4n) is 2.08. The second-order valence-corrected chi connectivity index (χ2v) is 5.46. The summed E-state index contributed by atoms with van der Waals surface area (Å²) in [6.45, 7) is 6.41. The van der Waals surface area contributed by atoms with Crippen molar-refractivity contribution in [2.45, 2.75) is 52.5 Å². The number of terminal acetylenes is 1. The molecule has 0 aliphatic heterocycles. The highest BCUT2D eigenvalue weighted by Gasteiger charge is 2.16. The second kappa shape index (κ2) is 10.1. The fourth-order valence-corrected chi connectivity index (χ4v) is 2.08. The van der Waals surface area contributed by atoms with Crippen LogP contribution in [0.3, 0.4) is 0 Å². The van der Waals surface area contributed by atoms with Crippen LogP contribution in [-0.4, -0.2) is 29.7 Å². The average molecular weight is 282 g/mol. The summed E-state index contributed by atoms with van der Waals surface area (Å²) in [7, 11) is 0. The molecule has 0 rings (SSSR count). The number of amides is 2. The van der Waals surface area contributed by atoms with Crippen molar-refractivity contribution in [3.8, 4) is 12.3 Å². The summed E-state index contributed by atoms with van der Waals surface area (Å²) in [6.07, 6.45) is 7.77. The van der Waals surface area contributed by atoms with E-state index in [1.54, 1.807) is 0 Å². The number of carbonyl (C=O) groups is 2. The molecule has 0 radical (unpaired) electrons. The fraction of sp³-hybridized carbons (Fsp3) is 0.733. The number of carboxylic acids is 1. The minimum absolute atomic E-state index is 0.0614. The van der Waals surface area contributed by atoms with E-state index in [1.165, 1.54) is 0 Å². The van der Waals surface area contributed by atoms with Crippen LogP contribution in [0.25, 0.3) is 0 Å². The standard InChI is InChI=1S/C15H26N2O3/c1-5-7-13(6-2)17-15(20)16-10-12(8-11(3)4)9-14(18)19/h2,11-13H,5,7-10H2,1,3-4H3,(H,18,19)(H2,16,17,20). The highest BCUT2D eigenvalue weighted by Crippen LogP contribution is 2.14. The first-order chi connectivity index (χ1) is 9.38. The summed E-state index contributed by atoms with van der Waals surface area (Å²) in [5, 5.41) is 14.3. The number of aliphatic carboxylic acids is 1.